The van der Waals surface area contributed by atoms with E-state index in [1.54, 1.807) is 0 Å². The average Bonchev–Trinajstić information content (AvgIpc) is 3.28. The molecule has 0 radical (unpaired) electrons. The number of nitrogens with two attached hydrogens (primary N) is 1. The molecule has 10 heteroatoms. The summed E-state index contributed by atoms with van der Waals surface area (Å²) in [4.78, 5) is 11.4. The summed E-state index contributed by atoms with van der Waals surface area (Å²) < 4.78 is 16.3. The van der Waals surface area contributed by atoms with Gasteiger partial charge in [0.15, 0.2) is 0 Å². The fourth-order valence-corrected chi connectivity index (χ4v) is 5.14. The third-order valence-corrected chi connectivity index (χ3v) is 6.75. The van der Waals surface area contributed by atoms with Crippen LogP contribution in [0.5, 0.6) is 0 Å². The van der Waals surface area contributed by atoms with Gasteiger partial charge < -0.3 is 35.7 Å². The number of nitrogens with one attached hydrogen (secondary N) is 3. The van der Waals surface area contributed by atoms with Crippen LogP contribution in [0.2, 0.25) is 0 Å². The molecule has 0 bridgehead atoms. The van der Waals surface area contributed by atoms with E-state index in [-0.39, 0.29) is 18.1 Å². The predicted octanol–water partition coefficient (Wildman–Crippen LogP) is 0.409. The Morgan fingerprint density at radius 3 is 2.47 bits per heavy atom. The van der Waals surface area contributed by atoms with Gasteiger partial charge in [-0.3, -0.25) is 5.32 Å². The summed E-state index contributed by atoms with van der Waals surface area (Å²) in [6.45, 7) is 5.03. The van der Waals surface area contributed by atoms with Gasteiger partial charge in [-0.1, -0.05) is 6.42 Å². The number of hydrogen-bond acceptors (Lipinski definition) is 8. The second kappa shape index (κ2) is 16.1. The molecule has 0 aliphatic carbocycles. The minimum Gasteiger partial charge on any atom is -0.379 e. The second-order valence-corrected chi connectivity index (χ2v) is 8.98. The molecule has 2 aliphatic heterocycles. The molecule has 2 aliphatic rings. The van der Waals surface area contributed by atoms with Gasteiger partial charge in [-0.25, -0.2) is 4.79 Å². The Morgan fingerprint density at radius 1 is 1.03 bits per heavy atom. The van der Waals surface area contributed by atoms with Gasteiger partial charge in [0.25, 0.3) is 0 Å². The van der Waals surface area contributed by atoms with Gasteiger partial charge in [0.1, 0.15) is 6.23 Å². The Bertz CT molecular complexity index is 463. The van der Waals surface area contributed by atoms with E-state index in [0.29, 0.717) is 51.4 Å². The Morgan fingerprint density at radius 2 is 1.73 bits per heavy atom. The van der Waals surface area contributed by atoms with E-state index in [1.165, 1.54) is 0 Å². The van der Waals surface area contributed by atoms with Gasteiger partial charge in [-0.05, 0) is 45.2 Å². The Balaban J connectivity index is 1.31. The highest BCUT2D eigenvalue weighted by Crippen LogP contribution is 2.33. The molecular weight excluding hydrogens is 408 g/mol. The average molecular weight is 449 g/mol. The van der Waals surface area contributed by atoms with Crippen LogP contribution in [0, 0.1) is 0 Å². The van der Waals surface area contributed by atoms with Crippen molar-refractivity contribution < 1.29 is 24.1 Å². The number of thioether (sulfide) groups is 1. The molecule has 0 spiro atoms. The zero-order chi connectivity index (χ0) is 21.4. The molecule has 2 heterocycles. The van der Waals surface area contributed by atoms with E-state index in [2.05, 4.69) is 16.0 Å². The van der Waals surface area contributed by atoms with Crippen LogP contribution in [-0.4, -0.2) is 93.2 Å². The van der Waals surface area contributed by atoms with Gasteiger partial charge in [0.2, 0.25) is 0 Å². The number of hydrogen-bond donors (Lipinski definition) is 5. The standard InChI is InChI=1S/C20H40N4O5S/c21-7-3-9-27-11-13-29-14-12-28-10-4-8-22-18(25)6-2-1-5-17-19-16(15-30-17)23-20(26)24-19/h16-19,22,25H,1-15,21H2,(H2,23,24,26). The van der Waals surface area contributed by atoms with Crippen LogP contribution in [0.15, 0.2) is 0 Å². The number of unbranched alkanes of at least 4 members (excludes halogenated alkanes) is 1. The van der Waals surface area contributed by atoms with Crippen molar-refractivity contribution in [2.24, 2.45) is 5.73 Å². The fraction of sp³-hybridized carbons (Fsp3) is 0.950. The highest BCUT2D eigenvalue weighted by atomic mass is 32.2. The summed E-state index contributed by atoms with van der Waals surface area (Å²) >= 11 is 1.94. The molecule has 9 nitrogen and oxygen atoms in total. The first-order valence-electron chi connectivity index (χ1n) is 11.2. The smallest absolute Gasteiger partial charge is 0.315 e. The van der Waals surface area contributed by atoms with Gasteiger partial charge >= 0.3 is 6.03 Å². The van der Waals surface area contributed by atoms with Gasteiger partial charge in [-0.15, -0.1) is 0 Å². The van der Waals surface area contributed by atoms with Crippen LogP contribution < -0.4 is 21.7 Å². The largest absolute Gasteiger partial charge is 0.379 e. The first kappa shape index (κ1) is 25.6. The SMILES string of the molecule is NCCCOCCOCCOCCCNC(O)CCCCC1SCC2NC(=O)NC21. The first-order chi connectivity index (χ1) is 14.7. The maximum Gasteiger partial charge on any atom is 0.315 e. The van der Waals surface area contributed by atoms with Crippen molar-refractivity contribution in [3.63, 3.8) is 0 Å². The van der Waals surface area contributed by atoms with Crippen molar-refractivity contribution in [3.05, 3.63) is 0 Å². The monoisotopic (exact) mass is 448 g/mol. The lowest BCUT2D eigenvalue weighted by Crippen LogP contribution is -2.36. The number of aliphatic hydroxyl groups is 1. The van der Waals surface area contributed by atoms with Crippen LogP contribution in [0.3, 0.4) is 0 Å². The van der Waals surface area contributed by atoms with Crippen molar-refractivity contribution in [1.29, 1.82) is 0 Å². The molecule has 0 aromatic heterocycles. The van der Waals surface area contributed by atoms with Crippen molar-refractivity contribution >= 4 is 17.8 Å². The van der Waals surface area contributed by atoms with E-state index in [9.17, 15) is 9.90 Å². The van der Waals surface area contributed by atoms with Crippen LogP contribution in [-0.2, 0) is 14.2 Å². The molecule has 30 heavy (non-hydrogen) atoms. The summed E-state index contributed by atoms with van der Waals surface area (Å²) in [5, 5.41) is 19.7. The summed E-state index contributed by atoms with van der Waals surface area (Å²) in [5.74, 6) is 0.996. The van der Waals surface area contributed by atoms with E-state index in [4.69, 9.17) is 19.9 Å². The minimum absolute atomic E-state index is 0.0323. The molecule has 2 saturated heterocycles. The van der Waals surface area contributed by atoms with Crippen LogP contribution in [0.4, 0.5) is 4.79 Å². The summed E-state index contributed by atoms with van der Waals surface area (Å²) in [7, 11) is 0. The van der Waals surface area contributed by atoms with Crippen LogP contribution in [0.1, 0.15) is 38.5 Å². The normalized spacial score (nSPS) is 23.9. The third kappa shape index (κ3) is 10.6. The van der Waals surface area contributed by atoms with Crippen molar-refractivity contribution in [1.82, 2.24) is 16.0 Å². The van der Waals surface area contributed by atoms with Crippen LogP contribution >= 0.6 is 11.8 Å². The van der Waals surface area contributed by atoms with Gasteiger partial charge in [0.05, 0.1) is 38.5 Å². The Labute approximate surface area is 184 Å². The zero-order valence-electron chi connectivity index (χ0n) is 18.0. The number of amides is 2. The number of urea groups is 1. The highest BCUT2D eigenvalue weighted by molar-refractivity contribution is 8.00. The maximum absolute atomic E-state index is 11.4. The molecule has 0 aromatic carbocycles. The van der Waals surface area contributed by atoms with Gasteiger partial charge in [0, 0.05) is 24.2 Å². The molecule has 6 N–H and O–H groups in total. The predicted molar refractivity (Wildman–Crippen MR) is 119 cm³/mol. The van der Waals surface area contributed by atoms with E-state index >= 15 is 0 Å². The van der Waals surface area contributed by atoms with Crippen LogP contribution in [0.25, 0.3) is 0 Å². The Hall–Kier alpha value is -0.620. The Kier molecular flexibility index (Phi) is 13.7. The third-order valence-electron chi connectivity index (χ3n) is 5.24. The molecule has 2 amide bonds. The van der Waals surface area contributed by atoms with E-state index in [0.717, 1.165) is 50.8 Å². The molecule has 2 fully saturated rings. The number of rotatable bonds is 19. The maximum atomic E-state index is 11.4. The number of carbonyl (C=O) groups excluding carboxylic acids is 1. The number of carbonyl (C=O) groups is 1. The molecule has 0 saturated carbocycles. The summed E-state index contributed by atoms with van der Waals surface area (Å²) in [5.41, 5.74) is 5.38. The van der Waals surface area contributed by atoms with E-state index < -0.39 is 6.23 Å². The van der Waals surface area contributed by atoms with Crippen molar-refractivity contribution in [3.8, 4) is 0 Å². The van der Waals surface area contributed by atoms with Crippen molar-refractivity contribution in [2.75, 3.05) is 58.5 Å². The molecular formula is C20H40N4O5S. The molecule has 4 atom stereocenters. The fourth-order valence-electron chi connectivity index (χ4n) is 3.60. The lowest BCUT2D eigenvalue weighted by molar-refractivity contribution is 0.0135. The van der Waals surface area contributed by atoms with Gasteiger partial charge in [-0.2, -0.15) is 11.8 Å². The molecule has 176 valence electrons. The lowest BCUT2D eigenvalue weighted by Gasteiger charge is -2.17. The first-order valence-corrected chi connectivity index (χ1v) is 12.3. The second-order valence-electron chi connectivity index (χ2n) is 7.71. The molecule has 4 unspecified atom stereocenters. The number of aliphatic hydroxyl groups excluding tert-OH is 1. The topological polar surface area (TPSA) is 127 Å². The number of ether oxygens (including phenoxy) is 3. The summed E-state index contributed by atoms with van der Waals surface area (Å²) in [6, 6.07) is 0.523. The number of fused-ring (bicyclic) bond motifs is 1. The molecule has 2 rings (SSSR count). The minimum atomic E-state index is -0.468. The lowest BCUT2D eigenvalue weighted by atomic mass is 10.0. The highest BCUT2D eigenvalue weighted by Gasteiger charge is 2.42. The zero-order valence-corrected chi connectivity index (χ0v) is 18.8. The van der Waals surface area contributed by atoms with Crippen molar-refractivity contribution in [2.45, 2.75) is 62.1 Å². The quantitative estimate of drug-likeness (QED) is 0.109. The van der Waals surface area contributed by atoms with E-state index in [1.807, 2.05) is 11.8 Å². The summed E-state index contributed by atoms with van der Waals surface area (Å²) in [6.07, 6.45) is 5.14. The molecule has 0 aromatic rings.